The number of nitrogens with one attached hydrogen (secondary N) is 3. The molecule has 184 valence electrons. The molecule has 0 amide bonds. The van der Waals surface area contributed by atoms with E-state index in [1.807, 2.05) is 42.5 Å². The third-order valence-electron chi connectivity index (χ3n) is 5.57. The number of hydrogen-bond donors (Lipinski definition) is 4. The lowest BCUT2D eigenvalue weighted by Crippen LogP contribution is -2.10. The van der Waals surface area contributed by atoms with Gasteiger partial charge in [-0.25, -0.2) is 13.4 Å². The number of hydrogen-bond acceptors (Lipinski definition) is 8. The van der Waals surface area contributed by atoms with Crippen LogP contribution in [-0.4, -0.2) is 32.5 Å². The van der Waals surface area contributed by atoms with Crippen molar-refractivity contribution < 1.29 is 13.2 Å². The normalized spacial score (nSPS) is 11.1. The highest BCUT2D eigenvalue weighted by molar-refractivity contribution is 7.90. The van der Waals surface area contributed by atoms with Crippen molar-refractivity contribution in [1.29, 1.82) is 5.41 Å². The van der Waals surface area contributed by atoms with Crippen LogP contribution in [0.3, 0.4) is 0 Å². The van der Waals surface area contributed by atoms with Gasteiger partial charge in [-0.1, -0.05) is 24.3 Å². The van der Waals surface area contributed by atoms with Gasteiger partial charge in [0, 0.05) is 41.5 Å². The highest BCUT2D eigenvalue weighted by Crippen LogP contribution is 2.28. The molecule has 0 aliphatic carbocycles. The summed E-state index contributed by atoms with van der Waals surface area (Å²) in [5.74, 6) is 1.26. The smallest absolute Gasteiger partial charge is 0.175 e. The van der Waals surface area contributed by atoms with Gasteiger partial charge in [0.05, 0.1) is 23.4 Å². The average molecular weight is 502 g/mol. The fourth-order valence-electron chi connectivity index (χ4n) is 3.73. The molecule has 5 N–H and O–H groups in total. The Bertz CT molecular complexity index is 1520. The molecule has 0 aliphatic heterocycles. The molecule has 0 saturated heterocycles. The van der Waals surface area contributed by atoms with Crippen LogP contribution in [0.1, 0.15) is 16.7 Å². The molecule has 0 atom stereocenters. The highest BCUT2D eigenvalue weighted by atomic mass is 32.2. The molecule has 8 nitrogen and oxygen atoms in total. The first-order valence-corrected chi connectivity index (χ1v) is 13.0. The zero-order valence-corrected chi connectivity index (χ0v) is 20.8. The van der Waals surface area contributed by atoms with Crippen LogP contribution in [0.25, 0.3) is 0 Å². The molecule has 4 rings (SSSR count). The van der Waals surface area contributed by atoms with Crippen molar-refractivity contribution in [3.8, 4) is 5.75 Å². The van der Waals surface area contributed by atoms with Crippen LogP contribution in [0.2, 0.25) is 0 Å². The molecule has 4 aromatic rings. The molecule has 0 saturated carbocycles. The van der Waals surface area contributed by atoms with Crippen LogP contribution in [0, 0.1) is 5.41 Å². The molecule has 0 radical (unpaired) electrons. The van der Waals surface area contributed by atoms with E-state index in [4.69, 9.17) is 15.9 Å². The van der Waals surface area contributed by atoms with Crippen molar-refractivity contribution in [2.45, 2.75) is 11.4 Å². The molecular weight excluding hydrogens is 474 g/mol. The maximum Gasteiger partial charge on any atom is 0.175 e. The quantitative estimate of drug-likeness (QED) is 0.241. The first kappa shape index (κ1) is 24.9. The number of aromatic nitrogens is 1. The second-order valence-corrected chi connectivity index (χ2v) is 10.1. The van der Waals surface area contributed by atoms with Crippen molar-refractivity contribution in [2.24, 2.45) is 5.73 Å². The van der Waals surface area contributed by atoms with Crippen molar-refractivity contribution in [3.05, 3.63) is 102 Å². The van der Waals surface area contributed by atoms with Crippen LogP contribution >= 0.6 is 0 Å². The minimum absolute atomic E-state index is 0.228. The summed E-state index contributed by atoms with van der Waals surface area (Å²) in [5, 5.41) is 15.4. The van der Waals surface area contributed by atoms with Gasteiger partial charge in [0.25, 0.3) is 0 Å². The van der Waals surface area contributed by atoms with Gasteiger partial charge in [0.2, 0.25) is 0 Å². The molecular formula is C27H27N5O3S. The SMILES string of the molecule is COc1ccccc1Nc1cc(C(=N)c2cc(Nc3cccc(S(C)(=O)=O)c3)ccc2CN)ccn1. The minimum Gasteiger partial charge on any atom is -0.495 e. The van der Waals surface area contributed by atoms with Gasteiger partial charge in [-0.3, -0.25) is 5.41 Å². The third kappa shape index (κ3) is 5.70. The summed E-state index contributed by atoms with van der Waals surface area (Å²) in [7, 11) is -1.72. The molecule has 0 fully saturated rings. The molecule has 36 heavy (non-hydrogen) atoms. The Balaban J connectivity index is 1.63. The molecule has 1 aromatic heterocycles. The number of pyridine rings is 1. The van der Waals surface area contributed by atoms with E-state index in [0.29, 0.717) is 34.1 Å². The summed E-state index contributed by atoms with van der Waals surface area (Å²) in [5.41, 5.74) is 10.5. The van der Waals surface area contributed by atoms with E-state index in [2.05, 4.69) is 15.6 Å². The first-order valence-electron chi connectivity index (χ1n) is 11.1. The van der Waals surface area contributed by atoms with Gasteiger partial charge in [0.15, 0.2) is 9.84 Å². The monoisotopic (exact) mass is 501 g/mol. The summed E-state index contributed by atoms with van der Waals surface area (Å²) >= 11 is 0. The number of ether oxygens (including phenoxy) is 1. The average Bonchev–Trinajstić information content (AvgIpc) is 2.88. The van der Waals surface area contributed by atoms with Gasteiger partial charge in [-0.2, -0.15) is 0 Å². The summed E-state index contributed by atoms with van der Waals surface area (Å²) in [4.78, 5) is 4.61. The van der Waals surface area contributed by atoms with Crippen LogP contribution in [0.15, 0.2) is 90.0 Å². The zero-order valence-electron chi connectivity index (χ0n) is 19.9. The van der Waals surface area contributed by atoms with Gasteiger partial charge in [0.1, 0.15) is 11.6 Å². The van der Waals surface area contributed by atoms with Crippen molar-refractivity contribution >= 4 is 38.4 Å². The number of para-hydroxylation sites is 2. The third-order valence-corrected chi connectivity index (χ3v) is 6.68. The largest absolute Gasteiger partial charge is 0.495 e. The van der Waals surface area contributed by atoms with Crippen LogP contribution < -0.4 is 21.1 Å². The summed E-state index contributed by atoms with van der Waals surface area (Å²) < 4.78 is 29.2. The number of nitrogens with zero attached hydrogens (tertiary/aromatic N) is 1. The molecule has 0 spiro atoms. The Morgan fingerprint density at radius 2 is 1.75 bits per heavy atom. The van der Waals surface area contributed by atoms with E-state index >= 15 is 0 Å². The molecule has 0 unspecified atom stereocenters. The Morgan fingerprint density at radius 3 is 2.50 bits per heavy atom. The second-order valence-electron chi connectivity index (χ2n) is 8.13. The lowest BCUT2D eigenvalue weighted by Gasteiger charge is -2.15. The number of methoxy groups -OCH3 is 1. The Morgan fingerprint density at radius 1 is 0.972 bits per heavy atom. The van der Waals surface area contributed by atoms with Crippen molar-refractivity contribution in [2.75, 3.05) is 24.0 Å². The van der Waals surface area contributed by atoms with E-state index in [1.54, 1.807) is 49.7 Å². The minimum atomic E-state index is -3.33. The maximum absolute atomic E-state index is 11.9. The van der Waals surface area contributed by atoms with Crippen molar-refractivity contribution in [3.63, 3.8) is 0 Å². The number of rotatable bonds is 9. The van der Waals surface area contributed by atoms with E-state index in [1.165, 1.54) is 6.26 Å². The Hall–Kier alpha value is -4.21. The highest BCUT2D eigenvalue weighted by Gasteiger charge is 2.13. The molecule has 0 aliphatic rings. The zero-order chi connectivity index (χ0) is 25.7. The second kappa shape index (κ2) is 10.6. The standard InChI is InChI=1S/C27H27N5O3S/c1-35-25-9-4-3-8-24(25)32-26-14-18(12-13-30-26)27(29)23-16-21(11-10-19(23)17-28)31-20-6-5-7-22(15-20)36(2,33)34/h3-16,29,31H,17,28H2,1-2H3,(H,30,32). The van der Waals surface area contributed by atoms with Crippen LogP contribution in [-0.2, 0) is 16.4 Å². The fraction of sp³-hybridized carbons (Fsp3) is 0.111. The van der Waals surface area contributed by atoms with Gasteiger partial charge in [-0.05, 0) is 60.2 Å². The van der Waals surface area contributed by atoms with Crippen LogP contribution in [0.4, 0.5) is 22.9 Å². The van der Waals surface area contributed by atoms with E-state index in [9.17, 15) is 8.42 Å². The lowest BCUT2D eigenvalue weighted by atomic mass is 9.97. The summed E-state index contributed by atoms with van der Waals surface area (Å²) in [6.45, 7) is 0.263. The first-order chi connectivity index (χ1) is 17.3. The van der Waals surface area contributed by atoms with Gasteiger partial charge in [-0.15, -0.1) is 0 Å². The fourth-order valence-corrected chi connectivity index (χ4v) is 4.40. The molecule has 9 heteroatoms. The van der Waals surface area contributed by atoms with Gasteiger partial charge >= 0.3 is 0 Å². The lowest BCUT2D eigenvalue weighted by molar-refractivity contribution is 0.417. The molecule has 0 bridgehead atoms. The maximum atomic E-state index is 11.9. The number of sulfone groups is 1. The number of anilines is 4. The van der Waals surface area contributed by atoms with Crippen LogP contribution in [0.5, 0.6) is 5.75 Å². The predicted octanol–water partition coefficient (Wildman–Crippen LogP) is 4.86. The predicted molar refractivity (Wildman–Crippen MR) is 144 cm³/mol. The molecule has 3 aromatic carbocycles. The van der Waals surface area contributed by atoms with Gasteiger partial charge < -0.3 is 21.1 Å². The Labute approximate surface area is 210 Å². The number of nitrogens with two attached hydrogens (primary N) is 1. The van der Waals surface area contributed by atoms with E-state index in [-0.39, 0.29) is 17.2 Å². The Kier molecular flexibility index (Phi) is 7.33. The van der Waals surface area contributed by atoms with Crippen molar-refractivity contribution in [1.82, 2.24) is 4.98 Å². The number of benzene rings is 3. The summed E-state index contributed by atoms with van der Waals surface area (Å²) in [6, 6.07) is 23.2. The summed E-state index contributed by atoms with van der Waals surface area (Å²) in [6.07, 6.45) is 2.82. The molecule has 1 heterocycles. The van der Waals surface area contributed by atoms with E-state index in [0.717, 1.165) is 11.3 Å². The topological polar surface area (TPSA) is 130 Å². The van der Waals surface area contributed by atoms with E-state index < -0.39 is 9.84 Å².